The summed E-state index contributed by atoms with van der Waals surface area (Å²) in [5.41, 5.74) is 8.72. The molecule has 1 amide bonds. The number of benzene rings is 1. The lowest BCUT2D eigenvalue weighted by molar-refractivity contribution is -0.118. The lowest BCUT2D eigenvalue weighted by Gasteiger charge is -2.34. The van der Waals surface area contributed by atoms with Gasteiger partial charge < -0.3 is 15.4 Å². The summed E-state index contributed by atoms with van der Waals surface area (Å²) in [7, 11) is 1.68. The number of rotatable bonds is 5. The van der Waals surface area contributed by atoms with Crippen molar-refractivity contribution in [3.05, 3.63) is 35.8 Å². The van der Waals surface area contributed by atoms with Crippen LogP contribution in [-0.2, 0) is 10.2 Å². The topological polar surface area (TPSA) is 100 Å². The molecule has 2 aliphatic carbocycles. The van der Waals surface area contributed by atoms with Crippen LogP contribution in [0, 0.1) is 24.7 Å². The van der Waals surface area contributed by atoms with E-state index in [4.69, 9.17) is 4.74 Å². The Morgan fingerprint density at radius 2 is 2.15 bits per heavy atom. The molecule has 2 saturated carbocycles. The van der Waals surface area contributed by atoms with Gasteiger partial charge in [-0.05, 0) is 74.5 Å². The molecule has 3 heterocycles. The molecular weight excluding hydrogens is 436 g/mol. The number of hydrogen-bond donors (Lipinski definition) is 4. The molecule has 8 nitrogen and oxygen atoms in total. The van der Waals surface area contributed by atoms with Gasteiger partial charge in [0.1, 0.15) is 17.4 Å². The molecule has 0 bridgehead atoms. The van der Waals surface area contributed by atoms with Crippen molar-refractivity contribution in [3.8, 4) is 5.75 Å². The number of ether oxygens (including phenoxy) is 1. The van der Waals surface area contributed by atoms with Crippen LogP contribution in [0.15, 0.2) is 29.3 Å². The molecule has 4 aliphatic rings. The van der Waals surface area contributed by atoms with Gasteiger partial charge in [0.05, 0.1) is 23.6 Å². The molecule has 4 unspecified atom stereocenters. The zero-order valence-corrected chi connectivity index (χ0v) is 20.0. The smallest absolute Gasteiger partial charge is 0.235 e. The highest BCUT2D eigenvalue weighted by molar-refractivity contribution is 7.98. The fraction of sp³-hybridized carbons (Fsp3) is 0.542. The summed E-state index contributed by atoms with van der Waals surface area (Å²) in [6.45, 7) is 1.92. The van der Waals surface area contributed by atoms with Crippen molar-refractivity contribution in [3.63, 3.8) is 0 Å². The van der Waals surface area contributed by atoms with Crippen LogP contribution in [0.5, 0.6) is 5.75 Å². The standard InChI is InChI=1S/C24H30N6O2S/c1-12-25-11-20(33-3)22(26-12)28-21-15-6-4-13(8-19(15)29-30-21)17-10-24(17)16-9-14(32-2)5-7-18(16)27-23(24)31/h5,7,9,11,13,15,17,19,21,29-30H,4,6,8,10H2,1-3H3,(H,27,31)(H,25,26,28)/t13?,15?,17-,19?,21?,24-/m0/s1. The Kier molecular flexibility index (Phi) is 5.04. The largest absolute Gasteiger partial charge is 0.497 e. The van der Waals surface area contributed by atoms with E-state index >= 15 is 0 Å². The van der Waals surface area contributed by atoms with Crippen molar-refractivity contribution >= 4 is 29.2 Å². The molecule has 174 valence electrons. The first kappa shape index (κ1) is 21.2. The van der Waals surface area contributed by atoms with Crippen molar-refractivity contribution < 1.29 is 9.53 Å². The van der Waals surface area contributed by atoms with Crippen LogP contribution in [0.4, 0.5) is 11.5 Å². The Bertz CT molecular complexity index is 1110. The van der Waals surface area contributed by atoms with Crippen molar-refractivity contribution in [2.45, 2.75) is 55.1 Å². The number of aryl methyl sites for hydroxylation is 1. The number of aromatic nitrogens is 2. The van der Waals surface area contributed by atoms with Gasteiger partial charge in [-0.2, -0.15) is 0 Å². The van der Waals surface area contributed by atoms with E-state index in [-0.39, 0.29) is 17.5 Å². The number of carbonyl (C=O) groups excluding carboxylic acids is 1. The molecule has 0 radical (unpaired) electrons. The van der Waals surface area contributed by atoms with Crippen molar-refractivity contribution in [2.75, 3.05) is 24.0 Å². The molecular formula is C24H30N6O2S. The molecule has 2 aromatic rings. The number of thioether (sulfide) groups is 1. The predicted octanol–water partition coefficient (Wildman–Crippen LogP) is 3.06. The molecule has 4 N–H and O–H groups in total. The molecule has 33 heavy (non-hydrogen) atoms. The van der Waals surface area contributed by atoms with Gasteiger partial charge in [0.25, 0.3) is 0 Å². The Morgan fingerprint density at radius 3 is 2.97 bits per heavy atom. The third kappa shape index (κ3) is 3.32. The average molecular weight is 467 g/mol. The fourth-order valence-electron chi connectivity index (χ4n) is 6.38. The molecule has 2 aliphatic heterocycles. The minimum atomic E-state index is -0.364. The Labute approximate surface area is 198 Å². The van der Waals surface area contributed by atoms with Gasteiger partial charge in [-0.15, -0.1) is 11.8 Å². The Balaban J connectivity index is 1.16. The Morgan fingerprint density at radius 1 is 1.27 bits per heavy atom. The zero-order valence-electron chi connectivity index (χ0n) is 19.1. The zero-order chi connectivity index (χ0) is 22.7. The lowest BCUT2D eigenvalue weighted by atomic mass is 9.74. The fourth-order valence-corrected chi connectivity index (χ4v) is 6.83. The van der Waals surface area contributed by atoms with Gasteiger partial charge in [0.15, 0.2) is 0 Å². The van der Waals surface area contributed by atoms with Crippen LogP contribution in [0.2, 0.25) is 0 Å². The monoisotopic (exact) mass is 466 g/mol. The molecule has 1 aromatic carbocycles. The van der Waals surface area contributed by atoms with Gasteiger partial charge in [0.2, 0.25) is 5.91 Å². The normalized spacial score (nSPS) is 34.0. The summed E-state index contributed by atoms with van der Waals surface area (Å²) in [5, 5.41) is 6.74. The summed E-state index contributed by atoms with van der Waals surface area (Å²) in [5.74, 6) is 4.06. The SMILES string of the molecule is COc1ccc2c(c1)[C@]1(C[C@H]1C1CCC3C(C1)NNC3Nc1nc(C)ncc1SC)C(=O)N2. The van der Waals surface area contributed by atoms with Crippen LogP contribution in [0.25, 0.3) is 0 Å². The quantitative estimate of drug-likeness (QED) is 0.499. The van der Waals surface area contributed by atoms with E-state index in [1.54, 1.807) is 18.9 Å². The third-order valence-electron chi connectivity index (χ3n) is 8.13. The number of nitrogens with one attached hydrogen (secondary N) is 4. The number of carbonyl (C=O) groups is 1. The number of hydrogen-bond acceptors (Lipinski definition) is 8. The molecule has 9 heteroatoms. The van der Waals surface area contributed by atoms with E-state index in [0.717, 1.165) is 59.2 Å². The minimum absolute atomic E-state index is 0.129. The number of nitrogens with zero attached hydrogens (tertiary/aromatic N) is 2. The highest BCUT2D eigenvalue weighted by Gasteiger charge is 2.67. The van der Waals surface area contributed by atoms with E-state index in [0.29, 0.717) is 23.8 Å². The summed E-state index contributed by atoms with van der Waals surface area (Å²) < 4.78 is 5.44. The average Bonchev–Trinajstić information content (AvgIpc) is 3.38. The predicted molar refractivity (Wildman–Crippen MR) is 128 cm³/mol. The number of amides is 1. The first-order valence-electron chi connectivity index (χ1n) is 11.7. The van der Waals surface area contributed by atoms with Gasteiger partial charge in [-0.3, -0.25) is 10.2 Å². The van der Waals surface area contributed by atoms with Gasteiger partial charge in [-0.25, -0.2) is 15.4 Å². The van der Waals surface area contributed by atoms with Crippen LogP contribution in [-0.4, -0.2) is 41.4 Å². The van der Waals surface area contributed by atoms with Gasteiger partial charge in [-0.1, -0.05) is 0 Å². The maximum Gasteiger partial charge on any atom is 0.235 e. The van der Waals surface area contributed by atoms with Crippen LogP contribution >= 0.6 is 11.8 Å². The molecule has 1 aromatic heterocycles. The highest BCUT2D eigenvalue weighted by Crippen LogP contribution is 2.65. The van der Waals surface area contributed by atoms with Crippen LogP contribution in [0.1, 0.15) is 37.1 Å². The van der Waals surface area contributed by atoms with Crippen molar-refractivity contribution in [1.29, 1.82) is 0 Å². The maximum atomic E-state index is 13.0. The number of methoxy groups -OCH3 is 1. The first-order chi connectivity index (χ1) is 16.0. The second kappa shape index (κ2) is 7.85. The summed E-state index contributed by atoms with van der Waals surface area (Å²) in [6, 6.07) is 6.34. The van der Waals surface area contributed by atoms with E-state index in [9.17, 15) is 4.79 Å². The summed E-state index contributed by atoms with van der Waals surface area (Å²) in [4.78, 5) is 23.0. The summed E-state index contributed by atoms with van der Waals surface area (Å²) in [6.07, 6.45) is 8.33. The van der Waals surface area contributed by atoms with Crippen LogP contribution < -0.4 is 26.2 Å². The number of fused-ring (bicyclic) bond motifs is 3. The number of hydrazine groups is 1. The van der Waals surface area contributed by atoms with Crippen molar-refractivity contribution in [1.82, 2.24) is 20.8 Å². The van der Waals surface area contributed by atoms with E-state index in [1.165, 1.54) is 0 Å². The van der Waals surface area contributed by atoms with Gasteiger partial charge in [0, 0.05) is 23.8 Å². The lowest BCUT2D eigenvalue weighted by Crippen LogP contribution is -2.39. The third-order valence-corrected chi connectivity index (χ3v) is 8.87. The van der Waals surface area contributed by atoms with E-state index in [1.807, 2.05) is 31.5 Å². The second-order valence-electron chi connectivity index (χ2n) is 9.74. The summed E-state index contributed by atoms with van der Waals surface area (Å²) >= 11 is 1.65. The highest BCUT2D eigenvalue weighted by atomic mass is 32.2. The number of anilines is 2. The Hall–Kier alpha value is -2.36. The molecule has 3 fully saturated rings. The molecule has 6 atom stereocenters. The first-order valence-corrected chi connectivity index (χ1v) is 12.9. The molecule has 1 saturated heterocycles. The van der Waals surface area contributed by atoms with Crippen LogP contribution in [0.3, 0.4) is 0 Å². The minimum Gasteiger partial charge on any atom is -0.497 e. The molecule has 6 rings (SSSR count). The molecule has 1 spiro atoms. The maximum absolute atomic E-state index is 13.0. The van der Waals surface area contributed by atoms with Crippen molar-refractivity contribution in [2.24, 2.45) is 17.8 Å². The van der Waals surface area contributed by atoms with Gasteiger partial charge >= 0.3 is 0 Å². The second-order valence-corrected chi connectivity index (χ2v) is 10.6. The van der Waals surface area contributed by atoms with E-state index < -0.39 is 0 Å². The van der Waals surface area contributed by atoms with E-state index in [2.05, 4.69) is 37.5 Å².